The van der Waals surface area contributed by atoms with Crippen LogP contribution in [-0.2, 0) is 11.3 Å². The zero-order valence-electron chi connectivity index (χ0n) is 10.7. The zero-order valence-corrected chi connectivity index (χ0v) is 10.7. The molecule has 2 fully saturated rings. The van der Waals surface area contributed by atoms with Crippen molar-refractivity contribution < 1.29 is 14.0 Å². The maximum Gasteiger partial charge on any atom is 0.289 e. The standard InChI is InChI=1S/C13H17N3O3/c14-7-10-2-3-11(19-10)13(18)15-5-6-16-9(8-15)1-4-12(16)17/h2-3,9H,1,4-8,14H2. The molecule has 0 aromatic carbocycles. The molecule has 3 heterocycles. The smallest absolute Gasteiger partial charge is 0.289 e. The van der Waals surface area contributed by atoms with Gasteiger partial charge < -0.3 is 20.0 Å². The van der Waals surface area contributed by atoms with Gasteiger partial charge in [0.2, 0.25) is 5.91 Å². The second kappa shape index (κ2) is 4.70. The lowest BCUT2D eigenvalue weighted by Crippen LogP contribution is -2.53. The maximum atomic E-state index is 12.3. The molecule has 6 heteroatoms. The summed E-state index contributed by atoms with van der Waals surface area (Å²) in [6.45, 7) is 2.08. The molecule has 1 unspecified atom stereocenters. The first-order chi connectivity index (χ1) is 9.19. The Balaban J connectivity index is 1.70. The van der Waals surface area contributed by atoms with E-state index in [1.165, 1.54) is 0 Å². The van der Waals surface area contributed by atoms with E-state index in [0.717, 1.165) is 6.42 Å². The summed E-state index contributed by atoms with van der Waals surface area (Å²) in [5.41, 5.74) is 5.46. The number of amides is 2. The fourth-order valence-corrected chi connectivity index (χ4v) is 2.81. The molecule has 2 saturated heterocycles. The normalized spacial score (nSPS) is 22.8. The van der Waals surface area contributed by atoms with Crippen molar-refractivity contribution in [3.8, 4) is 0 Å². The first-order valence-electron chi connectivity index (χ1n) is 6.56. The summed E-state index contributed by atoms with van der Waals surface area (Å²) in [6.07, 6.45) is 1.44. The Labute approximate surface area is 111 Å². The van der Waals surface area contributed by atoms with Gasteiger partial charge in [-0.15, -0.1) is 0 Å². The molecule has 0 radical (unpaired) electrons. The Morgan fingerprint density at radius 3 is 3.00 bits per heavy atom. The number of hydrogen-bond acceptors (Lipinski definition) is 4. The lowest BCUT2D eigenvalue weighted by atomic mass is 10.1. The second-order valence-electron chi connectivity index (χ2n) is 5.00. The average Bonchev–Trinajstić information content (AvgIpc) is 3.05. The number of carbonyl (C=O) groups is 2. The zero-order chi connectivity index (χ0) is 13.4. The number of nitrogens with two attached hydrogens (primary N) is 1. The molecule has 0 saturated carbocycles. The van der Waals surface area contributed by atoms with E-state index in [1.807, 2.05) is 4.90 Å². The molecule has 2 aliphatic rings. The van der Waals surface area contributed by atoms with Crippen molar-refractivity contribution >= 4 is 11.8 Å². The summed E-state index contributed by atoms with van der Waals surface area (Å²) in [4.78, 5) is 27.5. The van der Waals surface area contributed by atoms with Crippen molar-refractivity contribution in [3.63, 3.8) is 0 Å². The predicted molar refractivity (Wildman–Crippen MR) is 67.2 cm³/mol. The molecule has 2 N–H and O–H groups in total. The van der Waals surface area contributed by atoms with E-state index in [-0.39, 0.29) is 24.4 Å². The van der Waals surface area contributed by atoms with Gasteiger partial charge in [-0.2, -0.15) is 0 Å². The summed E-state index contributed by atoms with van der Waals surface area (Å²) in [6, 6.07) is 3.56. The summed E-state index contributed by atoms with van der Waals surface area (Å²) in [7, 11) is 0. The van der Waals surface area contributed by atoms with Crippen molar-refractivity contribution in [1.82, 2.24) is 9.80 Å². The third kappa shape index (κ3) is 2.12. The molecule has 1 aromatic rings. The molecule has 1 atom stereocenters. The minimum absolute atomic E-state index is 0.112. The third-order valence-corrected chi connectivity index (χ3v) is 3.86. The van der Waals surface area contributed by atoms with Gasteiger partial charge in [0, 0.05) is 32.1 Å². The van der Waals surface area contributed by atoms with Crippen LogP contribution in [0.3, 0.4) is 0 Å². The molecular formula is C13H17N3O3. The Morgan fingerprint density at radius 2 is 2.26 bits per heavy atom. The van der Waals surface area contributed by atoms with E-state index >= 15 is 0 Å². The molecule has 0 bridgehead atoms. The minimum atomic E-state index is -0.112. The number of fused-ring (bicyclic) bond motifs is 1. The largest absolute Gasteiger partial charge is 0.455 e. The maximum absolute atomic E-state index is 12.3. The van der Waals surface area contributed by atoms with Crippen LogP contribution in [0.4, 0.5) is 0 Å². The van der Waals surface area contributed by atoms with E-state index < -0.39 is 0 Å². The number of carbonyl (C=O) groups excluding carboxylic acids is 2. The van der Waals surface area contributed by atoms with Gasteiger partial charge >= 0.3 is 0 Å². The van der Waals surface area contributed by atoms with E-state index in [2.05, 4.69) is 0 Å². The number of furan rings is 1. The monoisotopic (exact) mass is 263 g/mol. The van der Waals surface area contributed by atoms with Crippen molar-refractivity contribution in [2.24, 2.45) is 5.73 Å². The van der Waals surface area contributed by atoms with Gasteiger partial charge in [-0.05, 0) is 18.6 Å². The highest BCUT2D eigenvalue weighted by molar-refractivity contribution is 5.92. The SMILES string of the molecule is NCc1ccc(C(=O)N2CCN3C(=O)CCC3C2)o1. The van der Waals surface area contributed by atoms with Gasteiger partial charge in [0.15, 0.2) is 5.76 Å². The topological polar surface area (TPSA) is 79.8 Å². The molecule has 2 amide bonds. The van der Waals surface area contributed by atoms with Crippen LogP contribution in [0.1, 0.15) is 29.2 Å². The minimum Gasteiger partial charge on any atom is -0.455 e. The van der Waals surface area contributed by atoms with Crippen LogP contribution in [0.5, 0.6) is 0 Å². The molecule has 6 nitrogen and oxygen atoms in total. The third-order valence-electron chi connectivity index (χ3n) is 3.86. The Kier molecular flexibility index (Phi) is 3.02. The summed E-state index contributed by atoms with van der Waals surface area (Å²) in [5.74, 6) is 1.04. The highest BCUT2D eigenvalue weighted by Gasteiger charge is 2.37. The van der Waals surface area contributed by atoms with Gasteiger partial charge in [0.05, 0.1) is 6.54 Å². The molecule has 19 heavy (non-hydrogen) atoms. The molecule has 0 aliphatic carbocycles. The fourth-order valence-electron chi connectivity index (χ4n) is 2.81. The van der Waals surface area contributed by atoms with Crippen LogP contribution in [0, 0.1) is 0 Å². The van der Waals surface area contributed by atoms with Gasteiger partial charge in [-0.25, -0.2) is 0 Å². The van der Waals surface area contributed by atoms with Crippen LogP contribution in [-0.4, -0.2) is 47.3 Å². The van der Waals surface area contributed by atoms with Gasteiger partial charge in [0.25, 0.3) is 5.91 Å². The quantitative estimate of drug-likeness (QED) is 0.825. The van der Waals surface area contributed by atoms with Crippen molar-refractivity contribution in [1.29, 1.82) is 0 Å². The Hall–Kier alpha value is -1.82. The first kappa shape index (κ1) is 12.2. The van der Waals surface area contributed by atoms with Crippen LogP contribution >= 0.6 is 0 Å². The molecule has 2 aliphatic heterocycles. The number of piperazine rings is 1. The summed E-state index contributed by atoms with van der Waals surface area (Å²) in [5, 5.41) is 0. The van der Waals surface area contributed by atoms with Crippen LogP contribution < -0.4 is 5.73 Å². The lowest BCUT2D eigenvalue weighted by Gasteiger charge is -2.37. The van der Waals surface area contributed by atoms with Gasteiger partial charge in [-0.3, -0.25) is 9.59 Å². The highest BCUT2D eigenvalue weighted by atomic mass is 16.4. The van der Waals surface area contributed by atoms with Crippen molar-refractivity contribution in [2.45, 2.75) is 25.4 Å². The Bertz CT molecular complexity index is 511. The molecule has 102 valence electrons. The highest BCUT2D eigenvalue weighted by Crippen LogP contribution is 2.24. The Morgan fingerprint density at radius 1 is 1.42 bits per heavy atom. The van der Waals surface area contributed by atoms with Crippen molar-refractivity contribution in [2.75, 3.05) is 19.6 Å². The van der Waals surface area contributed by atoms with Crippen LogP contribution in [0.2, 0.25) is 0 Å². The molecule has 1 aromatic heterocycles. The van der Waals surface area contributed by atoms with Crippen molar-refractivity contribution in [3.05, 3.63) is 23.7 Å². The van der Waals surface area contributed by atoms with Gasteiger partial charge in [0.1, 0.15) is 5.76 Å². The van der Waals surface area contributed by atoms with Gasteiger partial charge in [-0.1, -0.05) is 0 Å². The lowest BCUT2D eigenvalue weighted by molar-refractivity contribution is -0.130. The molecular weight excluding hydrogens is 246 g/mol. The predicted octanol–water partition coefficient (Wildman–Crippen LogP) is 0.185. The second-order valence-corrected chi connectivity index (χ2v) is 5.00. The van der Waals surface area contributed by atoms with E-state index in [4.69, 9.17) is 10.2 Å². The average molecular weight is 263 g/mol. The molecule has 3 rings (SSSR count). The van der Waals surface area contributed by atoms with E-state index in [9.17, 15) is 9.59 Å². The number of nitrogens with zero attached hydrogens (tertiary/aromatic N) is 2. The van der Waals surface area contributed by atoms with E-state index in [1.54, 1.807) is 17.0 Å². The number of hydrogen-bond donors (Lipinski definition) is 1. The van der Waals surface area contributed by atoms with Crippen LogP contribution in [0.25, 0.3) is 0 Å². The number of rotatable bonds is 2. The summed E-state index contributed by atoms with van der Waals surface area (Å²) >= 11 is 0. The van der Waals surface area contributed by atoms with E-state index in [0.29, 0.717) is 37.6 Å². The fraction of sp³-hybridized carbons (Fsp3) is 0.538. The summed E-state index contributed by atoms with van der Waals surface area (Å²) < 4.78 is 5.38. The first-order valence-corrected chi connectivity index (χ1v) is 6.56. The van der Waals surface area contributed by atoms with Crippen LogP contribution in [0.15, 0.2) is 16.5 Å². The molecule has 0 spiro atoms.